The van der Waals surface area contributed by atoms with Gasteiger partial charge in [0.1, 0.15) is 48.3 Å². The van der Waals surface area contributed by atoms with Crippen molar-refractivity contribution in [1.82, 2.24) is 42.5 Å². The fourth-order valence-corrected chi connectivity index (χ4v) is 7.79. The van der Waals surface area contributed by atoms with Crippen LogP contribution in [0, 0.1) is 29.6 Å². The summed E-state index contributed by atoms with van der Waals surface area (Å²) in [7, 11) is 0. The maximum Gasteiger partial charge on any atom is 0.243 e. The number of unbranched alkanes of at least 4 members (excludes halogenated alkanes) is 1. The second kappa shape index (κ2) is 35.8. The third-order valence-electron chi connectivity index (χ3n) is 11.4. The monoisotopic (exact) mass is 1050 g/mol. The van der Waals surface area contributed by atoms with Gasteiger partial charge in [0.05, 0.1) is 0 Å². The van der Waals surface area contributed by atoms with Gasteiger partial charge in [0.25, 0.3) is 0 Å². The molecule has 0 aliphatic carbocycles. The number of nitrogens with zero attached hydrogens (tertiary/aromatic N) is 2. The van der Waals surface area contributed by atoms with Crippen molar-refractivity contribution < 1.29 is 43.2 Å². The molecule has 0 rings (SSSR count). The molecule has 0 heterocycles. The number of rotatable bonds is 37. The molecule has 20 N–H and O–H groups in total. The van der Waals surface area contributed by atoms with E-state index in [2.05, 4.69) is 52.5 Å². The van der Waals surface area contributed by atoms with Crippen molar-refractivity contribution in [3.63, 3.8) is 0 Å². The number of carbonyl (C=O) groups excluding carboxylic acids is 9. The molecule has 0 radical (unpaired) electrons. The van der Waals surface area contributed by atoms with Gasteiger partial charge in [-0.3, -0.25) is 53.1 Å². The minimum absolute atomic E-state index is 0.0140. The summed E-state index contributed by atoms with van der Waals surface area (Å²) in [5.41, 5.74) is 33.2. The molecule has 0 unspecified atom stereocenters. The molecule has 8 atom stereocenters. The van der Waals surface area contributed by atoms with Crippen molar-refractivity contribution >= 4 is 65.1 Å². The van der Waals surface area contributed by atoms with Crippen LogP contribution in [0.15, 0.2) is 9.98 Å². The predicted octanol–water partition coefficient (Wildman–Crippen LogP) is -1.55. The number of guanidine groups is 2. The highest BCUT2D eigenvalue weighted by Crippen LogP contribution is 2.14. The van der Waals surface area contributed by atoms with E-state index in [4.69, 9.17) is 34.4 Å². The van der Waals surface area contributed by atoms with Crippen LogP contribution in [-0.2, 0) is 43.2 Å². The Bertz CT molecular complexity index is 1870. The highest BCUT2D eigenvalue weighted by molar-refractivity contribution is 5.98. The van der Waals surface area contributed by atoms with E-state index >= 15 is 0 Å². The van der Waals surface area contributed by atoms with Crippen molar-refractivity contribution in [1.29, 1.82) is 0 Å². The number of nitrogens with one attached hydrogen (secondary N) is 8. The van der Waals surface area contributed by atoms with Crippen LogP contribution in [-0.4, -0.2) is 133 Å². The molecule has 0 aromatic carbocycles. The SMILES string of the molecule is CC(=O)N[C@H](CC(C)C)C(=O)N[C@H](CC(C)C)C(=O)N[C@H](CC(C)C)C(=O)N[C@H](CC(C)C)C(=O)N[C@@H](CCCN=C(N)N)C(=O)N[C@H](C(=O)N[C@@H](CCCCN)C(=O)N[C@@H](CCCN=C(N)N)C(N)=O)C(C)C. The molecule has 0 saturated heterocycles. The second-order valence-corrected chi connectivity index (χ2v) is 21.0. The van der Waals surface area contributed by atoms with Gasteiger partial charge in [-0.05, 0) is 107 Å². The molecule has 0 aromatic heterocycles. The summed E-state index contributed by atoms with van der Waals surface area (Å²) in [5, 5.41) is 21.8. The van der Waals surface area contributed by atoms with E-state index < -0.39 is 107 Å². The Morgan fingerprint density at radius 3 is 1.00 bits per heavy atom. The Morgan fingerprint density at radius 1 is 0.378 bits per heavy atom. The zero-order valence-electron chi connectivity index (χ0n) is 45.9. The van der Waals surface area contributed by atoms with E-state index in [1.54, 1.807) is 13.8 Å². The highest BCUT2D eigenvalue weighted by Gasteiger charge is 2.36. The number of hydrogen-bond donors (Lipinski definition) is 14. The predicted molar refractivity (Wildman–Crippen MR) is 286 cm³/mol. The molecule has 0 spiro atoms. The first-order valence-electron chi connectivity index (χ1n) is 26.0. The lowest BCUT2D eigenvalue weighted by Gasteiger charge is -2.30. The van der Waals surface area contributed by atoms with E-state index in [1.807, 2.05) is 55.4 Å². The minimum atomic E-state index is -1.29. The molecule has 9 amide bonds. The summed E-state index contributed by atoms with van der Waals surface area (Å²) in [6.07, 6.45) is 2.52. The molecular formula is C49H94N16O9. The molecule has 25 heteroatoms. The van der Waals surface area contributed by atoms with Crippen LogP contribution >= 0.6 is 0 Å². The van der Waals surface area contributed by atoms with E-state index in [0.29, 0.717) is 32.2 Å². The van der Waals surface area contributed by atoms with E-state index in [9.17, 15) is 43.2 Å². The van der Waals surface area contributed by atoms with Crippen LogP contribution in [0.3, 0.4) is 0 Å². The van der Waals surface area contributed by atoms with Crippen molar-refractivity contribution in [2.24, 2.45) is 74.0 Å². The van der Waals surface area contributed by atoms with Gasteiger partial charge in [-0.1, -0.05) is 69.2 Å². The molecule has 0 aliphatic heterocycles. The molecule has 0 saturated carbocycles. The molecule has 25 nitrogen and oxygen atoms in total. The Kier molecular flexibility index (Phi) is 32.8. The van der Waals surface area contributed by atoms with Crippen molar-refractivity contribution in [2.75, 3.05) is 19.6 Å². The molecule has 0 aliphatic rings. The van der Waals surface area contributed by atoms with Crippen LogP contribution in [0.25, 0.3) is 0 Å². The standard InChI is InChI=1S/C49H94N16O9/c1-26(2)22-35(58-31(11)66)43(70)62-37(24-28(5)6)45(72)64-38(25-29(7)8)46(73)63-36(23-27(3)4)44(71)60-34(18-15-21-57-49(54)55)42(69)65-39(30(9)10)47(74)61-33(16-12-13-19-50)41(68)59-32(40(51)67)17-14-20-56-48(52)53/h26-30,32-39H,12-25,50H2,1-11H3,(H2,51,67)(H,58,66)(H,59,68)(H,60,71)(H,61,74)(H,62,70)(H,63,73)(H,64,72)(H,65,69)(H4,52,53,56)(H4,54,55,57)/t32-,33-,34-,35+,36+,37+,38+,39-/m0/s1. The molecule has 0 bridgehead atoms. The van der Waals surface area contributed by atoms with E-state index in [1.165, 1.54) is 6.92 Å². The van der Waals surface area contributed by atoms with E-state index in [-0.39, 0.29) is 93.6 Å². The highest BCUT2D eigenvalue weighted by atomic mass is 16.2. The quantitative estimate of drug-likeness (QED) is 0.0190. The summed E-state index contributed by atoms with van der Waals surface area (Å²) in [6.45, 7) is 20.2. The topological polar surface area (TPSA) is 431 Å². The maximum atomic E-state index is 14.3. The maximum absolute atomic E-state index is 14.3. The molecule has 424 valence electrons. The van der Waals surface area contributed by atoms with Crippen LogP contribution in [0.2, 0.25) is 0 Å². The smallest absolute Gasteiger partial charge is 0.243 e. The van der Waals surface area contributed by atoms with Gasteiger partial charge in [-0.15, -0.1) is 0 Å². The minimum Gasteiger partial charge on any atom is -0.370 e. The van der Waals surface area contributed by atoms with Crippen molar-refractivity contribution in [3.05, 3.63) is 0 Å². The fourth-order valence-electron chi connectivity index (χ4n) is 7.79. The lowest BCUT2D eigenvalue weighted by atomic mass is 9.97. The van der Waals surface area contributed by atoms with E-state index in [0.717, 1.165) is 0 Å². The largest absolute Gasteiger partial charge is 0.370 e. The first-order valence-corrected chi connectivity index (χ1v) is 26.0. The van der Waals surface area contributed by atoms with Gasteiger partial charge in [-0.25, -0.2) is 0 Å². The number of aliphatic imine (C=N–C) groups is 2. The number of amides is 9. The molecular weight excluding hydrogens is 957 g/mol. The summed E-state index contributed by atoms with van der Waals surface area (Å²) in [6, 6.07) is -9.12. The van der Waals surface area contributed by atoms with Gasteiger partial charge < -0.3 is 76.9 Å². The Labute approximate surface area is 438 Å². The summed E-state index contributed by atoms with van der Waals surface area (Å²) >= 11 is 0. The van der Waals surface area contributed by atoms with Gasteiger partial charge in [0, 0.05) is 20.0 Å². The zero-order chi connectivity index (χ0) is 56.8. The summed E-state index contributed by atoms with van der Waals surface area (Å²) in [5.74, 6) is -7.12. The first-order chi connectivity index (χ1) is 34.5. The lowest BCUT2D eigenvalue weighted by molar-refractivity contribution is -0.136. The van der Waals surface area contributed by atoms with Gasteiger partial charge in [0.15, 0.2) is 11.9 Å². The van der Waals surface area contributed by atoms with Crippen molar-refractivity contribution in [2.45, 2.75) is 195 Å². The Hall–Kier alpha value is -6.27. The molecule has 0 aromatic rings. The van der Waals surface area contributed by atoms with Crippen LogP contribution in [0.5, 0.6) is 0 Å². The number of nitrogens with two attached hydrogens (primary N) is 6. The van der Waals surface area contributed by atoms with Gasteiger partial charge in [-0.2, -0.15) is 0 Å². The van der Waals surface area contributed by atoms with Gasteiger partial charge in [0.2, 0.25) is 53.2 Å². The van der Waals surface area contributed by atoms with Crippen LogP contribution in [0.1, 0.15) is 147 Å². The number of hydrogen-bond acceptors (Lipinski definition) is 12. The third-order valence-corrected chi connectivity index (χ3v) is 11.4. The fraction of sp³-hybridized carbons (Fsp3) is 0.776. The van der Waals surface area contributed by atoms with Crippen LogP contribution < -0.4 is 76.9 Å². The number of carbonyl (C=O) groups is 9. The first kappa shape index (κ1) is 67.7. The second-order valence-electron chi connectivity index (χ2n) is 21.0. The van der Waals surface area contributed by atoms with Gasteiger partial charge >= 0.3 is 0 Å². The molecule has 0 fully saturated rings. The molecule has 74 heavy (non-hydrogen) atoms. The van der Waals surface area contributed by atoms with Crippen molar-refractivity contribution in [3.8, 4) is 0 Å². The normalized spacial score (nSPS) is 14.6. The average Bonchev–Trinajstić information content (AvgIpc) is 3.27. The summed E-state index contributed by atoms with van der Waals surface area (Å²) < 4.78 is 0. The summed E-state index contributed by atoms with van der Waals surface area (Å²) in [4.78, 5) is 130. The Morgan fingerprint density at radius 2 is 0.676 bits per heavy atom. The Balaban J connectivity index is 6.77. The third kappa shape index (κ3) is 29.4. The number of primary amides is 1. The zero-order valence-corrected chi connectivity index (χ0v) is 45.9. The lowest BCUT2D eigenvalue weighted by Crippen LogP contribution is -2.61. The average molecular weight is 1050 g/mol. The van der Waals surface area contributed by atoms with Crippen LogP contribution in [0.4, 0.5) is 0 Å².